The number of hydrogen-bond acceptors (Lipinski definition) is 3. The van der Waals surface area contributed by atoms with Crippen LogP contribution in [-0.2, 0) is 0 Å². The highest BCUT2D eigenvalue weighted by molar-refractivity contribution is 5.36. The first-order valence-electron chi connectivity index (χ1n) is 8.03. The molecule has 2 unspecified atom stereocenters. The van der Waals surface area contributed by atoms with Crippen molar-refractivity contribution in [1.29, 1.82) is 0 Å². The summed E-state index contributed by atoms with van der Waals surface area (Å²) in [6.45, 7) is 8.15. The Bertz CT molecular complexity index is 588. The van der Waals surface area contributed by atoms with Crippen molar-refractivity contribution in [3.63, 3.8) is 0 Å². The van der Waals surface area contributed by atoms with E-state index in [0.717, 1.165) is 19.3 Å². The lowest BCUT2D eigenvalue weighted by Gasteiger charge is -2.32. The molecule has 0 amide bonds. The summed E-state index contributed by atoms with van der Waals surface area (Å²) in [6, 6.07) is 6.27. The molecular formula is C19H27NO3. The summed E-state index contributed by atoms with van der Waals surface area (Å²) in [4.78, 5) is 10.5. The molecule has 0 saturated heterocycles. The number of rotatable bonds is 8. The third kappa shape index (κ3) is 5.64. The van der Waals surface area contributed by atoms with Gasteiger partial charge in [0.2, 0.25) is 0 Å². The first-order chi connectivity index (χ1) is 10.8. The van der Waals surface area contributed by atoms with Gasteiger partial charge in [-0.1, -0.05) is 49.8 Å². The van der Waals surface area contributed by atoms with Gasteiger partial charge < -0.3 is 5.11 Å². The average molecular weight is 317 g/mol. The summed E-state index contributed by atoms with van der Waals surface area (Å²) < 4.78 is 0. The Morgan fingerprint density at radius 1 is 1.43 bits per heavy atom. The fourth-order valence-corrected chi connectivity index (χ4v) is 2.56. The van der Waals surface area contributed by atoms with Crippen LogP contribution in [0.1, 0.15) is 58.6 Å². The number of nitro benzene ring substituents is 1. The molecule has 2 atom stereocenters. The van der Waals surface area contributed by atoms with E-state index < -0.39 is 16.4 Å². The number of non-ortho nitro benzene ring substituents is 1. The van der Waals surface area contributed by atoms with Crippen LogP contribution >= 0.6 is 0 Å². The van der Waals surface area contributed by atoms with E-state index in [0.29, 0.717) is 5.56 Å². The molecule has 0 aromatic heterocycles. The second-order valence-electron chi connectivity index (χ2n) is 6.39. The molecule has 0 bridgehead atoms. The summed E-state index contributed by atoms with van der Waals surface area (Å²) in [5.41, 5.74) is 1.38. The zero-order valence-electron chi connectivity index (χ0n) is 14.5. The molecule has 0 fully saturated rings. The zero-order valence-corrected chi connectivity index (χ0v) is 14.5. The summed E-state index contributed by atoms with van der Waals surface area (Å²) in [7, 11) is 0. The van der Waals surface area contributed by atoms with Gasteiger partial charge in [-0.15, -0.1) is 0 Å². The third-order valence-electron chi connectivity index (χ3n) is 3.99. The van der Waals surface area contributed by atoms with Crippen LogP contribution in [0.3, 0.4) is 0 Å². The zero-order chi connectivity index (χ0) is 17.5. The molecule has 0 aliphatic carbocycles. The Morgan fingerprint density at radius 3 is 2.70 bits per heavy atom. The highest BCUT2D eigenvalue weighted by Gasteiger charge is 2.31. The lowest BCUT2D eigenvalue weighted by atomic mass is 9.76. The Hall–Kier alpha value is -1.94. The van der Waals surface area contributed by atoms with Crippen molar-refractivity contribution in [3.05, 3.63) is 63.7 Å². The van der Waals surface area contributed by atoms with Crippen LogP contribution in [0.2, 0.25) is 0 Å². The number of benzene rings is 1. The molecule has 0 heterocycles. The number of allylic oxidation sites excluding steroid dienone is 3. The summed E-state index contributed by atoms with van der Waals surface area (Å²) in [5, 5.41) is 21.8. The second-order valence-corrected chi connectivity index (χ2v) is 6.39. The standard InChI is InChI=1S/C19H27NO3/c1-5-6-12-19(4,13-8-9-15(2)3)18(21)16-10-7-11-17(14-16)20(22)23/h6-7,9-12,14,18,21H,5,8,13H2,1-4H3/b12-6+. The van der Waals surface area contributed by atoms with E-state index in [1.54, 1.807) is 12.1 Å². The van der Waals surface area contributed by atoms with E-state index in [9.17, 15) is 15.2 Å². The van der Waals surface area contributed by atoms with Crippen LogP contribution in [0.25, 0.3) is 0 Å². The molecule has 0 spiro atoms. The smallest absolute Gasteiger partial charge is 0.269 e. The van der Waals surface area contributed by atoms with Gasteiger partial charge in [-0.3, -0.25) is 10.1 Å². The molecule has 126 valence electrons. The van der Waals surface area contributed by atoms with Crippen LogP contribution in [0.5, 0.6) is 0 Å². The molecule has 0 radical (unpaired) electrons. The van der Waals surface area contributed by atoms with Crippen molar-refractivity contribution in [2.24, 2.45) is 5.41 Å². The van der Waals surface area contributed by atoms with Gasteiger partial charge in [0.25, 0.3) is 5.69 Å². The predicted octanol–water partition coefficient (Wildman–Crippen LogP) is 5.35. The highest BCUT2D eigenvalue weighted by atomic mass is 16.6. The van der Waals surface area contributed by atoms with Crippen molar-refractivity contribution >= 4 is 5.69 Å². The predicted molar refractivity (Wildman–Crippen MR) is 94.3 cm³/mol. The maximum Gasteiger partial charge on any atom is 0.269 e. The lowest BCUT2D eigenvalue weighted by Crippen LogP contribution is -2.23. The van der Waals surface area contributed by atoms with E-state index in [4.69, 9.17) is 0 Å². The molecule has 23 heavy (non-hydrogen) atoms. The van der Waals surface area contributed by atoms with Gasteiger partial charge in [-0.25, -0.2) is 0 Å². The SMILES string of the molecule is CC/C=C/C(C)(CCC=C(C)C)C(O)c1cccc([N+](=O)[O-])c1. The Balaban J connectivity index is 3.09. The molecule has 4 nitrogen and oxygen atoms in total. The average Bonchev–Trinajstić information content (AvgIpc) is 2.52. The molecule has 1 aromatic rings. The Kier molecular flexibility index (Phi) is 7.17. The molecule has 4 heteroatoms. The van der Waals surface area contributed by atoms with E-state index >= 15 is 0 Å². The van der Waals surface area contributed by atoms with Crippen LogP contribution in [0.15, 0.2) is 48.1 Å². The Morgan fingerprint density at radius 2 is 2.13 bits per heavy atom. The monoisotopic (exact) mass is 317 g/mol. The van der Waals surface area contributed by atoms with Crippen molar-refractivity contribution in [1.82, 2.24) is 0 Å². The Labute approximate surface area is 138 Å². The van der Waals surface area contributed by atoms with E-state index in [-0.39, 0.29) is 5.69 Å². The minimum Gasteiger partial charge on any atom is -0.388 e. The lowest BCUT2D eigenvalue weighted by molar-refractivity contribution is -0.385. The minimum atomic E-state index is -0.782. The van der Waals surface area contributed by atoms with Crippen LogP contribution in [0, 0.1) is 15.5 Å². The summed E-state index contributed by atoms with van der Waals surface area (Å²) >= 11 is 0. The highest BCUT2D eigenvalue weighted by Crippen LogP contribution is 2.40. The normalized spacial score (nSPS) is 15.2. The number of aliphatic hydroxyl groups is 1. The first-order valence-corrected chi connectivity index (χ1v) is 8.03. The fourth-order valence-electron chi connectivity index (χ4n) is 2.56. The molecular weight excluding hydrogens is 290 g/mol. The number of hydrogen-bond donors (Lipinski definition) is 1. The number of nitro groups is 1. The molecule has 0 aliphatic heterocycles. The van der Waals surface area contributed by atoms with Crippen LogP contribution < -0.4 is 0 Å². The van der Waals surface area contributed by atoms with Gasteiger partial charge in [0.05, 0.1) is 11.0 Å². The van der Waals surface area contributed by atoms with E-state index in [1.165, 1.54) is 17.7 Å². The second kappa shape index (κ2) is 8.63. The third-order valence-corrected chi connectivity index (χ3v) is 3.99. The fraction of sp³-hybridized carbons (Fsp3) is 0.474. The molecule has 1 rings (SSSR count). The summed E-state index contributed by atoms with van der Waals surface area (Å²) in [5.74, 6) is 0. The van der Waals surface area contributed by atoms with Crippen molar-refractivity contribution in [2.45, 2.75) is 53.1 Å². The maximum atomic E-state index is 10.9. The van der Waals surface area contributed by atoms with Gasteiger partial charge >= 0.3 is 0 Å². The molecule has 0 aliphatic rings. The molecule has 1 aromatic carbocycles. The summed E-state index contributed by atoms with van der Waals surface area (Å²) in [6.07, 6.45) is 7.98. The van der Waals surface area contributed by atoms with Gasteiger partial charge in [0.15, 0.2) is 0 Å². The van der Waals surface area contributed by atoms with Gasteiger partial charge in [-0.05, 0) is 38.7 Å². The van der Waals surface area contributed by atoms with Crippen molar-refractivity contribution in [2.75, 3.05) is 0 Å². The van der Waals surface area contributed by atoms with Crippen LogP contribution in [0.4, 0.5) is 5.69 Å². The maximum absolute atomic E-state index is 10.9. The van der Waals surface area contributed by atoms with Gasteiger partial charge in [0, 0.05) is 17.5 Å². The van der Waals surface area contributed by atoms with Crippen LogP contribution in [-0.4, -0.2) is 10.0 Å². The largest absolute Gasteiger partial charge is 0.388 e. The quantitative estimate of drug-likeness (QED) is 0.399. The number of nitrogens with zero attached hydrogens (tertiary/aromatic N) is 1. The van der Waals surface area contributed by atoms with Crippen molar-refractivity contribution < 1.29 is 10.0 Å². The first kappa shape index (κ1) is 19.1. The minimum absolute atomic E-state index is 0.00710. The van der Waals surface area contributed by atoms with Gasteiger partial charge in [0.1, 0.15) is 0 Å². The van der Waals surface area contributed by atoms with E-state index in [2.05, 4.69) is 19.9 Å². The topological polar surface area (TPSA) is 63.4 Å². The molecule has 0 saturated carbocycles. The number of aliphatic hydroxyl groups excluding tert-OH is 1. The van der Waals surface area contributed by atoms with Gasteiger partial charge in [-0.2, -0.15) is 0 Å². The van der Waals surface area contributed by atoms with E-state index in [1.807, 2.05) is 26.0 Å². The molecule has 1 N–H and O–H groups in total. The van der Waals surface area contributed by atoms with Crippen molar-refractivity contribution in [3.8, 4) is 0 Å².